The number of carboxylic acid groups (broad SMARTS) is 1. The minimum Gasteiger partial charge on any atom is -0.477 e. The highest BCUT2D eigenvalue weighted by atomic mass is 35.5. The van der Waals surface area contributed by atoms with E-state index in [1.165, 1.54) is 6.20 Å². The van der Waals surface area contributed by atoms with Gasteiger partial charge in [-0.05, 0) is 51.3 Å². The van der Waals surface area contributed by atoms with Crippen molar-refractivity contribution in [3.05, 3.63) is 23.2 Å². The van der Waals surface area contributed by atoms with E-state index in [9.17, 15) is 15.0 Å². The zero-order chi connectivity index (χ0) is 20.5. The topological polar surface area (TPSA) is 110 Å². The molecule has 1 atom stereocenters. The molecular weight excluding hydrogens is 384 g/mol. The van der Waals surface area contributed by atoms with Gasteiger partial charge in [0.25, 0.3) is 0 Å². The van der Waals surface area contributed by atoms with Crippen LogP contribution in [-0.2, 0) is 10.3 Å². The third-order valence-corrected chi connectivity index (χ3v) is 5.24. The third kappa shape index (κ3) is 4.46. The first kappa shape index (κ1) is 21.0. The molecule has 3 N–H and O–H groups in total. The van der Waals surface area contributed by atoms with Crippen molar-refractivity contribution < 1.29 is 19.7 Å². The molecule has 1 aliphatic carbocycles. The van der Waals surface area contributed by atoms with Crippen LogP contribution in [0.15, 0.2) is 12.3 Å². The smallest absolute Gasteiger partial charge is 0.352 e. The first-order valence-electron chi connectivity index (χ1n) is 9.48. The third-order valence-electron chi connectivity index (χ3n) is 5.06. The Morgan fingerprint density at radius 2 is 2.07 bits per heavy atom. The molecule has 1 unspecified atom stereocenters. The van der Waals surface area contributed by atoms with E-state index in [0.29, 0.717) is 17.6 Å². The van der Waals surface area contributed by atoms with Gasteiger partial charge in [-0.15, -0.1) is 0 Å². The summed E-state index contributed by atoms with van der Waals surface area (Å²) in [5.74, 6) is -1.04. The molecule has 2 heterocycles. The number of ether oxygens (including phenoxy) is 1. The second kappa shape index (κ2) is 7.94. The standard InChI is InChI=1S/C19H27ClN4O4/c1-18(2,3)28-17(27)22-11-19(7-5-4-6-8-19)24-13(15(25)26)9-12-10-21-16(20)23-14(12)24/h9-10,17,22,27H,4-8,11H2,1-3H3,(H,25,26). The predicted molar refractivity (Wildman–Crippen MR) is 105 cm³/mol. The number of aromatic carboxylic acids is 1. The van der Waals surface area contributed by atoms with E-state index in [2.05, 4.69) is 15.3 Å². The molecule has 154 valence electrons. The number of fused-ring (bicyclic) bond motifs is 1. The average Bonchev–Trinajstić information content (AvgIpc) is 2.99. The lowest BCUT2D eigenvalue weighted by molar-refractivity contribution is -0.184. The number of rotatable bonds is 6. The lowest BCUT2D eigenvalue weighted by Crippen LogP contribution is -2.50. The van der Waals surface area contributed by atoms with Gasteiger partial charge in [0.2, 0.25) is 11.7 Å². The molecule has 0 spiro atoms. The lowest BCUT2D eigenvalue weighted by atomic mass is 9.81. The summed E-state index contributed by atoms with van der Waals surface area (Å²) in [4.78, 5) is 20.3. The molecule has 1 saturated carbocycles. The van der Waals surface area contributed by atoms with E-state index >= 15 is 0 Å². The molecule has 0 amide bonds. The van der Waals surface area contributed by atoms with Gasteiger partial charge in [-0.25, -0.2) is 9.78 Å². The number of carboxylic acids is 1. The van der Waals surface area contributed by atoms with Gasteiger partial charge in [-0.1, -0.05) is 19.3 Å². The van der Waals surface area contributed by atoms with Crippen molar-refractivity contribution in [1.82, 2.24) is 19.9 Å². The van der Waals surface area contributed by atoms with Crippen molar-refractivity contribution in [3.8, 4) is 0 Å². The van der Waals surface area contributed by atoms with Gasteiger partial charge in [-0.2, -0.15) is 4.98 Å². The van der Waals surface area contributed by atoms with Crippen LogP contribution in [-0.4, -0.2) is 49.3 Å². The summed E-state index contributed by atoms with van der Waals surface area (Å²) in [6.45, 7) is 5.91. The lowest BCUT2D eigenvalue weighted by Gasteiger charge is -2.41. The number of halogens is 1. The Hall–Kier alpha value is -1.74. The highest BCUT2D eigenvalue weighted by Gasteiger charge is 2.38. The summed E-state index contributed by atoms with van der Waals surface area (Å²) in [6.07, 6.45) is 4.88. The number of nitrogens with one attached hydrogen (secondary N) is 1. The van der Waals surface area contributed by atoms with Crippen molar-refractivity contribution >= 4 is 28.6 Å². The monoisotopic (exact) mass is 410 g/mol. The molecule has 1 fully saturated rings. The van der Waals surface area contributed by atoms with E-state index in [-0.39, 0.29) is 11.0 Å². The van der Waals surface area contributed by atoms with Crippen LogP contribution >= 0.6 is 11.6 Å². The summed E-state index contributed by atoms with van der Waals surface area (Å²) in [7, 11) is 0. The highest BCUT2D eigenvalue weighted by Crippen LogP contribution is 2.38. The fraction of sp³-hybridized carbons (Fsp3) is 0.632. The summed E-state index contributed by atoms with van der Waals surface area (Å²) in [5, 5.41) is 23.8. The number of carbonyl (C=O) groups is 1. The fourth-order valence-electron chi connectivity index (χ4n) is 3.95. The maximum absolute atomic E-state index is 12.0. The van der Waals surface area contributed by atoms with Crippen molar-refractivity contribution in [2.24, 2.45) is 0 Å². The second-order valence-electron chi connectivity index (χ2n) is 8.34. The zero-order valence-electron chi connectivity index (χ0n) is 16.4. The molecule has 0 aliphatic heterocycles. The zero-order valence-corrected chi connectivity index (χ0v) is 17.2. The molecule has 9 heteroatoms. The van der Waals surface area contributed by atoms with Crippen molar-refractivity contribution in [2.75, 3.05) is 6.54 Å². The largest absolute Gasteiger partial charge is 0.477 e. The maximum Gasteiger partial charge on any atom is 0.352 e. The van der Waals surface area contributed by atoms with Crippen LogP contribution in [0.2, 0.25) is 5.28 Å². The molecule has 3 rings (SSSR count). The predicted octanol–water partition coefficient (Wildman–Crippen LogP) is 3.12. The number of aliphatic hydroxyl groups is 1. The summed E-state index contributed by atoms with van der Waals surface area (Å²) in [5.41, 5.74) is -0.443. The molecule has 0 aromatic carbocycles. The minimum atomic E-state index is -1.16. The van der Waals surface area contributed by atoms with Gasteiger partial charge in [0.05, 0.1) is 11.1 Å². The molecule has 2 aromatic rings. The van der Waals surface area contributed by atoms with Gasteiger partial charge in [0.1, 0.15) is 11.3 Å². The van der Waals surface area contributed by atoms with Crippen molar-refractivity contribution in [1.29, 1.82) is 0 Å². The van der Waals surface area contributed by atoms with Crippen LogP contribution in [0.3, 0.4) is 0 Å². The Labute approximate surface area is 168 Å². The van der Waals surface area contributed by atoms with E-state index in [1.807, 2.05) is 20.8 Å². The number of hydrogen-bond donors (Lipinski definition) is 3. The van der Waals surface area contributed by atoms with Gasteiger partial charge in [-0.3, -0.25) is 5.32 Å². The maximum atomic E-state index is 12.0. The first-order valence-corrected chi connectivity index (χ1v) is 9.86. The Kier molecular flexibility index (Phi) is 5.95. The SMILES string of the molecule is CC(C)(C)OC(O)NCC1(n2c(C(=O)O)cc3cnc(Cl)nc32)CCCCC1. The molecule has 28 heavy (non-hydrogen) atoms. The summed E-state index contributed by atoms with van der Waals surface area (Å²) >= 11 is 6.01. The summed E-state index contributed by atoms with van der Waals surface area (Å²) < 4.78 is 7.31. The Bertz CT molecular complexity index is 855. The molecule has 0 radical (unpaired) electrons. The van der Waals surface area contributed by atoms with E-state index in [4.69, 9.17) is 16.3 Å². The summed E-state index contributed by atoms with van der Waals surface area (Å²) in [6, 6.07) is 1.58. The van der Waals surface area contributed by atoms with E-state index in [0.717, 1.165) is 32.1 Å². The first-order chi connectivity index (χ1) is 13.1. The van der Waals surface area contributed by atoms with E-state index in [1.54, 1.807) is 10.6 Å². The minimum absolute atomic E-state index is 0.0683. The highest BCUT2D eigenvalue weighted by molar-refractivity contribution is 6.28. The van der Waals surface area contributed by atoms with E-state index < -0.39 is 23.5 Å². The molecule has 0 bridgehead atoms. The van der Waals surface area contributed by atoms with Crippen LogP contribution < -0.4 is 5.32 Å². The molecule has 2 aromatic heterocycles. The number of hydrogen-bond acceptors (Lipinski definition) is 6. The molecule has 1 aliphatic rings. The van der Waals surface area contributed by atoms with Gasteiger partial charge in [0.15, 0.2) is 0 Å². The second-order valence-corrected chi connectivity index (χ2v) is 8.67. The van der Waals surface area contributed by atoms with Crippen molar-refractivity contribution in [2.45, 2.75) is 70.4 Å². The Morgan fingerprint density at radius 1 is 1.39 bits per heavy atom. The van der Waals surface area contributed by atoms with Crippen LogP contribution in [0.5, 0.6) is 0 Å². The molecular formula is C19H27ClN4O4. The van der Waals surface area contributed by atoms with Crippen LogP contribution in [0, 0.1) is 0 Å². The fourth-order valence-corrected chi connectivity index (χ4v) is 4.08. The van der Waals surface area contributed by atoms with Crippen LogP contribution in [0.4, 0.5) is 0 Å². The normalized spacial score (nSPS) is 18.3. The van der Waals surface area contributed by atoms with Crippen molar-refractivity contribution in [3.63, 3.8) is 0 Å². The molecule has 8 nitrogen and oxygen atoms in total. The number of aliphatic hydroxyl groups excluding tert-OH is 1. The molecule has 0 saturated heterocycles. The quantitative estimate of drug-likeness (QED) is 0.495. The van der Waals surface area contributed by atoms with Gasteiger partial charge < -0.3 is 19.5 Å². The van der Waals surface area contributed by atoms with Gasteiger partial charge >= 0.3 is 5.97 Å². The van der Waals surface area contributed by atoms with Crippen LogP contribution in [0.25, 0.3) is 11.0 Å². The number of nitrogens with zero attached hydrogens (tertiary/aromatic N) is 3. The Morgan fingerprint density at radius 3 is 2.68 bits per heavy atom. The van der Waals surface area contributed by atoms with Crippen LogP contribution in [0.1, 0.15) is 63.4 Å². The average molecular weight is 411 g/mol. The van der Waals surface area contributed by atoms with Gasteiger partial charge in [0, 0.05) is 18.1 Å². The number of aromatic nitrogens is 3. The Balaban J connectivity index is 2.03.